The molecule has 1 aromatic carbocycles. The third kappa shape index (κ3) is 1.77. The topological polar surface area (TPSA) is 30.7 Å². The number of nitrogens with zero attached hydrogens (tertiary/aromatic N) is 3. The summed E-state index contributed by atoms with van der Waals surface area (Å²) in [6.07, 6.45) is 3.80. The molecule has 0 aliphatic carbocycles. The van der Waals surface area contributed by atoms with Gasteiger partial charge >= 0.3 is 0 Å². The molecule has 0 spiro atoms. The molecule has 0 aliphatic rings. The zero-order valence-corrected chi connectivity index (χ0v) is 10.9. The van der Waals surface area contributed by atoms with Gasteiger partial charge < -0.3 is 4.57 Å². The summed E-state index contributed by atoms with van der Waals surface area (Å²) in [4.78, 5) is 8.13. The summed E-state index contributed by atoms with van der Waals surface area (Å²) in [5, 5.41) is 1.52. The molecule has 3 nitrogen and oxygen atoms in total. The molecule has 3 rings (SSSR count). The van der Waals surface area contributed by atoms with Crippen LogP contribution in [0.15, 0.2) is 36.7 Å². The zero-order chi connectivity index (χ0) is 12.7. The quantitative estimate of drug-likeness (QED) is 0.624. The van der Waals surface area contributed by atoms with E-state index in [-0.39, 0.29) is 5.28 Å². The summed E-state index contributed by atoms with van der Waals surface area (Å²) in [5.41, 5.74) is 4.38. The summed E-state index contributed by atoms with van der Waals surface area (Å²) in [7, 11) is 2.05. The first kappa shape index (κ1) is 11.2. The lowest BCUT2D eigenvalue weighted by atomic mass is 10.1. The highest BCUT2D eigenvalue weighted by Crippen LogP contribution is 2.26. The number of fused-ring (bicyclic) bond motifs is 1. The molecular weight excluding hydrogens is 246 g/mol. The van der Waals surface area contributed by atoms with Crippen LogP contribution in [0, 0.1) is 6.92 Å². The Kier molecular flexibility index (Phi) is 2.56. The standard InChI is InChI=1S/C14H12ClN3/c1-9-8-18(2)13-4-3-10(7-11(9)13)12-5-6-16-14(15)17-12/h3-8H,1-2H3. The Bertz CT molecular complexity index is 731. The molecule has 0 amide bonds. The first-order chi connectivity index (χ1) is 8.65. The smallest absolute Gasteiger partial charge is 0.222 e. The summed E-state index contributed by atoms with van der Waals surface area (Å²) in [5.74, 6) is 0. The van der Waals surface area contributed by atoms with Crippen molar-refractivity contribution in [1.82, 2.24) is 14.5 Å². The second-order valence-corrected chi connectivity index (χ2v) is 4.70. The van der Waals surface area contributed by atoms with E-state index in [0.29, 0.717) is 0 Å². The van der Waals surface area contributed by atoms with Crippen LogP contribution in [0.1, 0.15) is 5.56 Å². The van der Waals surface area contributed by atoms with Gasteiger partial charge in [0.2, 0.25) is 5.28 Å². The highest BCUT2D eigenvalue weighted by molar-refractivity contribution is 6.28. The molecule has 0 saturated carbocycles. The second-order valence-electron chi connectivity index (χ2n) is 4.37. The lowest BCUT2D eigenvalue weighted by molar-refractivity contribution is 0.964. The molecule has 0 bridgehead atoms. The maximum atomic E-state index is 5.82. The Balaban J connectivity index is 2.22. The van der Waals surface area contributed by atoms with Gasteiger partial charge in [-0.1, -0.05) is 6.07 Å². The number of rotatable bonds is 1. The molecule has 90 valence electrons. The molecule has 0 saturated heterocycles. The molecule has 0 N–H and O–H groups in total. The van der Waals surface area contributed by atoms with E-state index < -0.39 is 0 Å². The van der Waals surface area contributed by atoms with Crippen LogP contribution in [0.3, 0.4) is 0 Å². The van der Waals surface area contributed by atoms with Gasteiger partial charge in [0, 0.05) is 35.9 Å². The molecule has 2 aromatic heterocycles. The normalized spacial score (nSPS) is 11.1. The van der Waals surface area contributed by atoms with Crippen molar-refractivity contribution in [2.45, 2.75) is 6.92 Å². The van der Waals surface area contributed by atoms with Crippen molar-refractivity contribution >= 4 is 22.5 Å². The molecule has 0 aliphatic heterocycles. The molecule has 3 aromatic rings. The minimum Gasteiger partial charge on any atom is -0.350 e. The van der Waals surface area contributed by atoms with Gasteiger partial charge in [0.1, 0.15) is 0 Å². The number of benzene rings is 1. The fourth-order valence-corrected chi connectivity index (χ4v) is 2.39. The molecule has 18 heavy (non-hydrogen) atoms. The number of halogens is 1. The Morgan fingerprint density at radius 3 is 2.83 bits per heavy atom. The van der Waals surface area contributed by atoms with Crippen LogP contribution in [0.5, 0.6) is 0 Å². The van der Waals surface area contributed by atoms with E-state index in [4.69, 9.17) is 11.6 Å². The maximum absolute atomic E-state index is 5.82. The van der Waals surface area contributed by atoms with Gasteiger partial charge in [-0.15, -0.1) is 0 Å². The summed E-state index contributed by atoms with van der Waals surface area (Å²) in [6, 6.07) is 8.17. The average Bonchev–Trinajstić information content (AvgIpc) is 2.65. The third-order valence-corrected chi connectivity index (χ3v) is 3.29. The van der Waals surface area contributed by atoms with Crippen LogP contribution in [0.4, 0.5) is 0 Å². The zero-order valence-electron chi connectivity index (χ0n) is 10.2. The Morgan fingerprint density at radius 2 is 2.06 bits per heavy atom. The van der Waals surface area contributed by atoms with E-state index in [0.717, 1.165) is 11.3 Å². The van der Waals surface area contributed by atoms with Crippen molar-refractivity contribution in [3.8, 4) is 11.3 Å². The van der Waals surface area contributed by atoms with Crippen molar-refractivity contribution in [3.63, 3.8) is 0 Å². The highest BCUT2D eigenvalue weighted by Gasteiger charge is 2.06. The van der Waals surface area contributed by atoms with E-state index in [1.807, 2.05) is 6.07 Å². The molecule has 2 heterocycles. The SMILES string of the molecule is Cc1cn(C)c2ccc(-c3ccnc(Cl)n3)cc12. The first-order valence-corrected chi connectivity index (χ1v) is 6.07. The van der Waals surface area contributed by atoms with Crippen LogP contribution in [-0.4, -0.2) is 14.5 Å². The predicted molar refractivity (Wildman–Crippen MR) is 73.7 cm³/mol. The fourth-order valence-electron chi connectivity index (χ4n) is 2.24. The van der Waals surface area contributed by atoms with Gasteiger partial charge in [-0.05, 0) is 42.3 Å². The van der Waals surface area contributed by atoms with E-state index in [9.17, 15) is 0 Å². The van der Waals surface area contributed by atoms with Crippen LogP contribution in [-0.2, 0) is 7.05 Å². The Morgan fingerprint density at radius 1 is 1.22 bits per heavy atom. The van der Waals surface area contributed by atoms with Gasteiger partial charge in [0.05, 0.1) is 5.69 Å². The summed E-state index contributed by atoms with van der Waals surface area (Å²) in [6.45, 7) is 2.11. The van der Waals surface area contributed by atoms with Crippen LogP contribution >= 0.6 is 11.6 Å². The molecule has 0 atom stereocenters. The Hall–Kier alpha value is -1.87. The number of aryl methyl sites for hydroxylation is 2. The molecule has 0 fully saturated rings. The largest absolute Gasteiger partial charge is 0.350 e. The van der Waals surface area contributed by atoms with E-state index in [1.165, 1.54) is 16.5 Å². The van der Waals surface area contributed by atoms with Crippen molar-refractivity contribution in [3.05, 3.63) is 47.5 Å². The molecule has 0 radical (unpaired) electrons. The van der Waals surface area contributed by atoms with E-state index in [1.54, 1.807) is 6.20 Å². The van der Waals surface area contributed by atoms with Gasteiger partial charge in [0.25, 0.3) is 0 Å². The minimum atomic E-state index is 0.275. The summed E-state index contributed by atoms with van der Waals surface area (Å²) < 4.78 is 2.13. The predicted octanol–water partition coefficient (Wildman–Crippen LogP) is 3.60. The molecule has 0 unspecified atom stereocenters. The van der Waals surface area contributed by atoms with E-state index in [2.05, 4.69) is 52.9 Å². The lowest BCUT2D eigenvalue weighted by Gasteiger charge is -2.02. The number of hydrogen-bond donors (Lipinski definition) is 0. The fraction of sp³-hybridized carbons (Fsp3) is 0.143. The van der Waals surface area contributed by atoms with Crippen molar-refractivity contribution < 1.29 is 0 Å². The first-order valence-electron chi connectivity index (χ1n) is 5.70. The van der Waals surface area contributed by atoms with Crippen LogP contribution in [0.25, 0.3) is 22.2 Å². The monoisotopic (exact) mass is 257 g/mol. The third-order valence-electron chi connectivity index (χ3n) is 3.11. The second kappa shape index (κ2) is 4.10. The van der Waals surface area contributed by atoms with E-state index >= 15 is 0 Å². The Labute approximate surface area is 110 Å². The molecule has 4 heteroatoms. The van der Waals surface area contributed by atoms with Gasteiger partial charge in [-0.2, -0.15) is 0 Å². The van der Waals surface area contributed by atoms with Crippen LogP contribution < -0.4 is 0 Å². The van der Waals surface area contributed by atoms with Gasteiger partial charge in [-0.3, -0.25) is 0 Å². The van der Waals surface area contributed by atoms with Gasteiger partial charge in [0.15, 0.2) is 0 Å². The lowest BCUT2D eigenvalue weighted by Crippen LogP contribution is -1.87. The molecular formula is C14H12ClN3. The number of aromatic nitrogens is 3. The minimum absolute atomic E-state index is 0.275. The van der Waals surface area contributed by atoms with Crippen molar-refractivity contribution in [2.24, 2.45) is 7.05 Å². The van der Waals surface area contributed by atoms with Crippen LogP contribution in [0.2, 0.25) is 5.28 Å². The van der Waals surface area contributed by atoms with Crippen molar-refractivity contribution in [2.75, 3.05) is 0 Å². The van der Waals surface area contributed by atoms with Crippen molar-refractivity contribution in [1.29, 1.82) is 0 Å². The average molecular weight is 258 g/mol. The highest BCUT2D eigenvalue weighted by atomic mass is 35.5. The maximum Gasteiger partial charge on any atom is 0.222 e. The van der Waals surface area contributed by atoms with Gasteiger partial charge in [-0.25, -0.2) is 9.97 Å². The summed E-state index contributed by atoms with van der Waals surface area (Å²) >= 11 is 5.82. The number of hydrogen-bond acceptors (Lipinski definition) is 2.